The van der Waals surface area contributed by atoms with E-state index in [0.29, 0.717) is 17.9 Å². The van der Waals surface area contributed by atoms with E-state index in [1.807, 2.05) is 30.3 Å². The molecule has 1 heterocycles. The summed E-state index contributed by atoms with van der Waals surface area (Å²) in [6.07, 6.45) is 0.126. The monoisotopic (exact) mass is 435 g/mol. The summed E-state index contributed by atoms with van der Waals surface area (Å²) in [4.78, 5) is 26.8. The SMILES string of the molecule is O=C(Nc1cccc(NS(=O)(=O)c2ccccc2)c1)C1CC(=O)N(c2ccccc2)C1. The normalized spacial score (nSPS) is 16.2. The minimum absolute atomic E-state index is 0.101. The summed E-state index contributed by atoms with van der Waals surface area (Å²) in [6, 6.07) is 23.7. The molecule has 0 bridgehead atoms. The zero-order valence-electron chi connectivity index (χ0n) is 16.6. The zero-order chi connectivity index (χ0) is 21.8. The Hall–Kier alpha value is -3.65. The van der Waals surface area contributed by atoms with E-state index in [2.05, 4.69) is 10.0 Å². The number of para-hydroxylation sites is 1. The quantitative estimate of drug-likeness (QED) is 0.620. The summed E-state index contributed by atoms with van der Waals surface area (Å²) in [7, 11) is -3.73. The first-order valence-electron chi connectivity index (χ1n) is 9.76. The van der Waals surface area contributed by atoms with E-state index in [-0.39, 0.29) is 23.1 Å². The maximum Gasteiger partial charge on any atom is 0.261 e. The summed E-state index contributed by atoms with van der Waals surface area (Å²) >= 11 is 0. The van der Waals surface area contributed by atoms with Crippen LogP contribution in [0.4, 0.5) is 17.1 Å². The van der Waals surface area contributed by atoms with E-state index < -0.39 is 15.9 Å². The second kappa shape index (κ2) is 8.61. The summed E-state index contributed by atoms with van der Waals surface area (Å²) in [6.45, 7) is 0.301. The van der Waals surface area contributed by atoms with Gasteiger partial charge in [-0.2, -0.15) is 0 Å². The Morgan fingerprint density at radius 1 is 0.871 bits per heavy atom. The highest BCUT2D eigenvalue weighted by Crippen LogP contribution is 2.26. The van der Waals surface area contributed by atoms with E-state index in [0.717, 1.165) is 5.69 Å². The number of amides is 2. The molecule has 1 fully saturated rings. The Balaban J connectivity index is 1.43. The largest absolute Gasteiger partial charge is 0.326 e. The maximum atomic E-state index is 12.7. The number of nitrogens with one attached hydrogen (secondary N) is 2. The lowest BCUT2D eigenvalue weighted by molar-refractivity contribution is -0.122. The standard InChI is InChI=1S/C23H21N3O4S/c27-22-14-17(16-26(22)20-10-3-1-4-11-20)23(28)24-18-8-7-9-19(15-18)25-31(29,30)21-12-5-2-6-13-21/h1-13,15,17,25H,14,16H2,(H,24,28). The molecule has 1 saturated heterocycles. The molecule has 0 spiro atoms. The minimum atomic E-state index is -3.73. The molecule has 0 radical (unpaired) electrons. The predicted molar refractivity (Wildman–Crippen MR) is 119 cm³/mol. The molecule has 2 N–H and O–H groups in total. The molecule has 1 aliphatic heterocycles. The molecule has 4 rings (SSSR count). The molecule has 3 aromatic carbocycles. The molecule has 1 unspecified atom stereocenters. The van der Waals surface area contributed by atoms with Crippen LogP contribution in [0.5, 0.6) is 0 Å². The third kappa shape index (κ3) is 4.75. The molecule has 31 heavy (non-hydrogen) atoms. The van der Waals surface area contributed by atoms with Crippen molar-refractivity contribution in [1.82, 2.24) is 0 Å². The number of sulfonamides is 1. The lowest BCUT2D eigenvalue weighted by Crippen LogP contribution is -2.28. The summed E-state index contributed by atoms with van der Waals surface area (Å²) in [5, 5.41) is 2.79. The first kappa shape index (κ1) is 20.6. The number of carbonyl (C=O) groups is 2. The predicted octanol–water partition coefficient (Wildman–Crippen LogP) is 3.48. The second-order valence-corrected chi connectivity index (χ2v) is 8.91. The van der Waals surface area contributed by atoms with Gasteiger partial charge in [0, 0.05) is 24.3 Å². The van der Waals surface area contributed by atoms with Gasteiger partial charge in [-0.3, -0.25) is 14.3 Å². The zero-order valence-corrected chi connectivity index (χ0v) is 17.4. The Kier molecular flexibility index (Phi) is 5.73. The number of hydrogen-bond donors (Lipinski definition) is 2. The van der Waals surface area contributed by atoms with Crippen LogP contribution in [0, 0.1) is 5.92 Å². The van der Waals surface area contributed by atoms with E-state index in [1.54, 1.807) is 47.4 Å². The Morgan fingerprint density at radius 3 is 2.23 bits per heavy atom. The number of benzene rings is 3. The van der Waals surface area contributed by atoms with Crippen molar-refractivity contribution in [2.75, 3.05) is 21.5 Å². The van der Waals surface area contributed by atoms with Gasteiger partial charge in [0.25, 0.3) is 10.0 Å². The van der Waals surface area contributed by atoms with Gasteiger partial charge in [-0.1, -0.05) is 42.5 Å². The lowest BCUT2D eigenvalue weighted by atomic mass is 10.1. The molecular weight excluding hydrogens is 414 g/mol. The molecule has 158 valence electrons. The third-order valence-corrected chi connectivity index (χ3v) is 6.40. The Labute approximate surface area is 180 Å². The molecule has 0 aromatic heterocycles. The molecule has 7 nitrogen and oxygen atoms in total. The molecule has 1 atom stereocenters. The molecule has 0 saturated carbocycles. The Bertz CT molecular complexity index is 1200. The van der Waals surface area contributed by atoms with Gasteiger partial charge in [-0.05, 0) is 42.5 Å². The number of rotatable bonds is 6. The van der Waals surface area contributed by atoms with E-state index >= 15 is 0 Å². The molecule has 1 aliphatic rings. The highest BCUT2D eigenvalue weighted by atomic mass is 32.2. The van der Waals surface area contributed by atoms with Gasteiger partial charge >= 0.3 is 0 Å². The van der Waals surface area contributed by atoms with Gasteiger partial charge < -0.3 is 10.2 Å². The van der Waals surface area contributed by atoms with Crippen LogP contribution in [0.15, 0.2) is 89.8 Å². The van der Waals surface area contributed by atoms with Gasteiger partial charge in [0.2, 0.25) is 11.8 Å². The third-order valence-electron chi connectivity index (χ3n) is 5.00. The molecule has 3 aromatic rings. The number of anilines is 3. The van der Waals surface area contributed by atoms with Crippen molar-refractivity contribution < 1.29 is 18.0 Å². The lowest BCUT2D eigenvalue weighted by Gasteiger charge is -2.16. The fourth-order valence-corrected chi connectivity index (χ4v) is 4.53. The average Bonchev–Trinajstić information content (AvgIpc) is 3.17. The number of carbonyl (C=O) groups excluding carboxylic acids is 2. The first-order valence-corrected chi connectivity index (χ1v) is 11.2. The molecule has 0 aliphatic carbocycles. The Morgan fingerprint density at radius 2 is 1.52 bits per heavy atom. The van der Waals surface area contributed by atoms with Gasteiger partial charge in [0.15, 0.2) is 0 Å². The van der Waals surface area contributed by atoms with E-state index in [4.69, 9.17) is 0 Å². The van der Waals surface area contributed by atoms with Crippen molar-refractivity contribution in [3.8, 4) is 0 Å². The number of nitrogens with zero attached hydrogens (tertiary/aromatic N) is 1. The number of hydrogen-bond acceptors (Lipinski definition) is 4. The molecular formula is C23H21N3O4S. The fraction of sp³-hybridized carbons (Fsp3) is 0.130. The van der Waals surface area contributed by atoms with Crippen LogP contribution in [0.2, 0.25) is 0 Å². The summed E-state index contributed by atoms with van der Waals surface area (Å²) < 4.78 is 27.5. The minimum Gasteiger partial charge on any atom is -0.326 e. The van der Waals surface area contributed by atoms with Crippen molar-refractivity contribution in [2.24, 2.45) is 5.92 Å². The van der Waals surface area contributed by atoms with Crippen LogP contribution in [0.25, 0.3) is 0 Å². The van der Waals surface area contributed by atoms with E-state index in [9.17, 15) is 18.0 Å². The van der Waals surface area contributed by atoms with Gasteiger partial charge in [-0.25, -0.2) is 8.42 Å². The van der Waals surface area contributed by atoms with Crippen LogP contribution in [-0.4, -0.2) is 26.8 Å². The van der Waals surface area contributed by atoms with Crippen LogP contribution < -0.4 is 14.9 Å². The van der Waals surface area contributed by atoms with Gasteiger partial charge in [0.1, 0.15) is 0 Å². The summed E-state index contributed by atoms with van der Waals surface area (Å²) in [5.41, 5.74) is 1.54. The van der Waals surface area contributed by atoms with Crippen LogP contribution >= 0.6 is 0 Å². The highest BCUT2D eigenvalue weighted by Gasteiger charge is 2.35. The van der Waals surface area contributed by atoms with Crippen LogP contribution in [0.3, 0.4) is 0 Å². The first-order chi connectivity index (χ1) is 14.9. The van der Waals surface area contributed by atoms with Crippen LogP contribution in [0.1, 0.15) is 6.42 Å². The van der Waals surface area contributed by atoms with Crippen molar-refractivity contribution in [3.63, 3.8) is 0 Å². The smallest absolute Gasteiger partial charge is 0.261 e. The summed E-state index contributed by atoms with van der Waals surface area (Å²) in [5.74, 6) is -0.872. The molecule has 2 amide bonds. The van der Waals surface area contributed by atoms with E-state index in [1.165, 1.54) is 12.1 Å². The van der Waals surface area contributed by atoms with Gasteiger partial charge in [-0.15, -0.1) is 0 Å². The molecule has 8 heteroatoms. The van der Waals surface area contributed by atoms with Crippen molar-refractivity contribution >= 4 is 38.9 Å². The highest BCUT2D eigenvalue weighted by molar-refractivity contribution is 7.92. The topological polar surface area (TPSA) is 95.6 Å². The average molecular weight is 436 g/mol. The van der Waals surface area contributed by atoms with Crippen molar-refractivity contribution in [1.29, 1.82) is 0 Å². The second-order valence-electron chi connectivity index (χ2n) is 7.23. The van der Waals surface area contributed by atoms with Gasteiger partial charge in [0.05, 0.1) is 16.5 Å². The van der Waals surface area contributed by atoms with Crippen molar-refractivity contribution in [2.45, 2.75) is 11.3 Å². The fourth-order valence-electron chi connectivity index (χ4n) is 3.46. The van der Waals surface area contributed by atoms with Crippen molar-refractivity contribution in [3.05, 3.63) is 84.9 Å². The van der Waals surface area contributed by atoms with Crippen LogP contribution in [-0.2, 0) is 19.6 Å². The maximum absolute atomic E-state index is 12.7.